The number of hydrogen-bond donors (Lipinski definition) is 2. The molecule has 0 amide bonds. The molecule has 1 rings (SSSR count). The van der Waals surface area contributed by atoms with Crippen molar-refractivity contribution in [1.29, 1.82) is 0 Å². The zero-order chi connectivity index (χ0) is 13.7. The number of aryl methyl sites for hydroxylation is 1. The van der Waals surface area contributed by atoms with Gasteiger partial charge in [-0.1, -0.05) is 13.8 Å². The highest BCUT2D eigenvalue weighted by Crippen LogP contribution is 2.16. The Hall–Kier alpha value is -1.36. The van der Waals surface area contributed by atoms with Crippen LogP contribution in [0.15, 0.2) is 6.07 Å². The van der Waals surface area contributed by atoms with Crippen molar-refractivity contribution >= 4 is 11.6 Å². The van der Waals surface area contributed by atoms with Crippen LogP contribution in [0.5, 0.6) is 0 Å². The molecule has 1 unspecified atom stereocenters. The first-order chi connectivity index (χ1) is 8.43. The molecule has 0 bridgehead atoms. The molecule has 1 atom stereocenters. The Morgan fingerprint density at radius 3 is 2.56 bits per heavy atom. The molecule has 0 saturated carbocycles. The SMILES string of the molecule is Cc1nc(NCC(C)C)cc(N(C)C(C)CN)n1. The molecule has 0 aliphatic carbocycles. The predicted octanol–water partition coefficient (Wildman–Crippen LogP) is 1.64. The molecule has 18 heavy (non-hydrogen) atoms. The van der Waals surface area contributed by atoms with Gasteiger partial charge in [0.05, 0.1) is 0 Å². The molecule has 102 valence electrons. The number of nitrogens with two attached hydrogens (primary N) is 1. The van der Waals surface area contributed by atoms with E-state index in [1.807, 2.05) is 20.0 Å². The maximum Gasteiger partial charge on any atom is 0.134 e. The van der Waals surface area contributed by atoms with Crippen molar-refractivity contribution < 1.29 is 0 Å². The zero-order valence-electron chi connectivity index (χ0n) is 12.1. The van der Waals surface area contributed by atoms with E-state index < -0.39 is 0 Å². The number of hydrogen-bond acceptors (Lipinski definition) is 5. The molecule has 0 fully saturated rings. The maximum absolute atomic E-state index is 5.68. The van der Waals surface area contributed by atoms with Crippen LogP contribution in [0.1, 0.15) is 26.6 Å². The lowest BCUT2D eigenvalue weighted by Crippen LogP contribution is -2.36. The van der Waals surface area contributed by atoms with Crippen LogP contribution in [0.2, 0.25) is 0 Å². The highest BCUT2D eigenvalue weighted by Gasteiger charge is 2.11. The van der Waals surface area contributed by atoms with Gasteiger partial charge in [-0.25, -0.2) is 9.97 Å². The van der Waals surface area contributed by atoms with Gasteiger partial charge in [-0.05, 0) is 19.8 Å². The van der Waals surface area contributed by atoms with Crippen molar-refractivity contribution in [2.24, 2.45) is 11.7 Å². The minimum absolute atomic E-state index is 0.261. The normalized spacial score (nSPS) is 12.6. The van der Waals surface area contributed by atoms with Gasteiger partial charge in [-0.15, -0.1) is 0 Å². The Morgan fingerprint density at radius 1 is 1.33 bits per heavy atom. The topological polar surface area (TPSA) is 67.1 Å². The van der Waals surface area contributed by atoms with Gasteiger partial charge in [0.15, 0.2) is 0 Å². The summed E-state index contributed by atoms with van der Waals surface area (Å²) in [4.78, 5) is 10.9. The summed E-state index contributed by atoms with van der Waals surface area (Å²) in [5.41, 5.74) is 5.68. The predicted molar refractivity (Wildman–Crippen MR) is 77.0 cm³/mol. The van der Waals surface area contributed by atoms with Gasteiger partial charge in [-0.2, -0.15) is 0 Å². The van der Waals surface area contributed by atoms with Gasteiger partial charge >= 0.3 is 0 Å². The van der Waals surface area contributed by atoms with Gasteiger partial charge in [-0.3, -0.25) is 0 Å². The van der Waals surface area contributed by atoms with E-state index in [2.05, 4.69) is 41.0 Å². The molecule has 0 aliphatic heterocycles. The number of anilines is 2. The van der Waals surface area contributed by atoms with Crippen LogP contribution in [0.3, 0.4) is 0 Å². The lowest BCUT2D eigenvalue weighted by molar-refractivity contribution is 0.679. The minimum Gasteiger partial charge on any atom is -0.370 e. The van der Waals surface area contributed by atoms with Crippen molar-refractivity contribution in [3.05, 3.63) is 11.9 Å². The molecule has 0 radical (unpaired) electrons. The summed E-state index contributed by atoms with van der Waals surface area (Å²) in [6, 6.07) is 2.24. The lowest BCUT2D eigenvalue weighted by Gasteiger charge is -2.25. The number of nitrogens with zero attached hydrogens (tertiary/aromatic N) is 3. The Labute approximate surface area is 110 Å². The van der Waals surface area contributed by atoms with Crippen LogP contribution in [-0.2, 0) is 0 Å². The second-order valence-corrected chi connectivity index (χ2v) is 5.13. The molecular formula is C13H25N5. The Kier molecular flexibility index (Phi) is 5.34. The Morgan fingerprint density at radius 2 is 2.00 bits per heavy atom. The first-order valence-corrected chi connectivity index (χ1v) is 6.46. The second kappa shape index (κ2) is 6.54. The third kappa shape index (κ3) is 4.14. The summed E-state index contributed by atoms with van der Waals surface area (Å²) in [7, 11) is 2.01. The molecule has 1 aromatic rings. The standard InChI is InChI=1S/C13H25N5/c1-9(2)8-15-12-6-13(17-11(4)16-12)18(5)10(3)7-14/h6,9-10H,7-8,14H2,1-5H3,(H,15,16,17). The average Bonchev–Trinajstić information content (AvgIpc) is 2.33. The first-order valence-electron chi connectivity index (χ1n) is 6.46. The molecule has 0 aromatic carbocycles. The summed E-state index contributed by atoms with van der Waals surface area (Å²) < 4.78 is 0. The highest BCUT2D eigenvalue weighted by molar-refractivity contribution is 5.49. The number of rotatable bonds is 6. The van der Waals surface area contributed by atoms with Crippen molar-refractivity contribution in [3.63, 3.8) is 0 Å². The Bertz CT molecular complexity index is 378. The molecule has 1 aromatic heterocycles. The summed E-state index contributed by atoms with van der Waals surface area (Å²) in [6.45, 7) is 9.85. The molecule has 0 saturated heterocycles. The van der Waals surface area contributed by atoms with Crippen molar-refractivity contribution in [3.8, 4) is 0 Å². The lowest BCUT2D eigenvalue weighted by atomic mass is 10.2. The molecule has 5 nitrogen and oxygen atoms in total. The van der Waals surface area contributed by atoms with Crippen LogP contribution < -0.4 is 16.0 Å². The quantitative estimate of drug-likeness (QED) is 0.804. The molecular weight excluding hydrogens is 226 g/mol. The Balaban J connectivity index is 2.86. The third-order valence-corrected chi connectivity index (χ3v) is 2.88. The van der Waals surface area contributed by atoms with Crippen LogP contribution >= 0.6 is 0 Å². The third-order valence-electron chi connectivity index (χ3n) is 2.88. The minimum atomic E-state index is 0.261. The van der Waals surface area contributed by atoms with Crippen LogP contribution in [-0.4, -0.2) is 36.1 Å². The summed E-state index contributed by atoms with van der Waals surface area (Å²) in [5.74, 6) is 3.15. The number of nitrogens with one attached hydrogen (secondary N) is 1. The highest BCUT2D eigenvalue weighted by atomic mass is 15.2. The van der Waals surface area contributed by atoms with Crippen LogP contribution in [0, 0.1) is 12.8 Å². The molecule has 1 heterocycles. The van der Waals surface area contributed by atoms with E-state index in [-0.39, 0.29) is 6.04 Å². The van der Waals surface area contributed by atoms with Crippen molar-refractivity contribution in [2.45, 2.75) is 33.7 Å². The van der Waals surface area contributed by atoms with E-state index >= 15 is 0 Å². The van der Waals surface area contributed by atoms with Crippen LogP contribution in [0.4, 0.5) is 11.6 Å². The van der Waals surface area contributed by atoms with E-state index in [9.17, 15) is 0 Å². The molecule has 5 heteroatoms. The monoisotopic (exact) mass is 251 g/mol. The fraction of sp³-hybridized carbons (Fsp3) is 0.692. The van der Waals surface area contributed by atoms with Crippen molar-refractivity contribution in [2.75, 3.05) is 30.4 Å². The van der Waals surface area contributed by atoms with Gasteiger partial charge < -0.3 is 16.0 Å². The molecule has 3 N–H and O–H groups in total. The van der Waals surface area contributed by atoms with Crippen molar-refractivity contribution in [1.82, 2.24) is 9.97 Å². The average molecular weight is 251 g/mol. The fourth-order valence-corrected chi connectivity index (χ4v) is 1.52. The summed E-state index contributed by atoms with van der Waals surface area (Å²) in [6.07, 6.45) is 0. The smallest absolute Gasteiger partial charge is 0.134 e. The van der Waals surface area contributed by atoms with E-state index in [1.165, 1.54) is 0 Å². The number of aromatic nitrogens is 2. The largest absolute Gasteiger partial charge is 0.370 e. The molecule has 0 spiro atoms. The van der Waals surface area contributed by atoms with E-state index in [0.29, 0.717) is 12.5 Å². The summed E-state index contributed by atoms with van der Waals surface area (Å²) >= 11 is 0. The first kappa shape index (κ1) is 14.7. The van der Waals surface area contributed by atoms with Gasteiger partial charge in [0.25, 0.3) is 0 Å². The van der Waals surface area contributed by atoms with E-state index in [1.54, 1.807) is 0 Å². The van der Waals surface area contributed by atoms with E-state index in [0.717, 1.165) is 24.0 Å². The number of likely N-dealkylation sites (N-methyl/N-ethyl adjacent to an activating group) is 1. The van der Waals surface area contributed by atoms with Gasteiger partial charge in [0.1, 0.15) is 17.5 Å². The maximum atomic E-state index is 5.68. The molecule has 0 aliphatic rings. The van der Waals surface area contributed by atoms with E-state index in [4.69, 9.17) is 5.73 Å². The summed E-state index contributed by atoms with van der Waals surface area (Å²) in [5, 5.41) is 3.33. The second-order valence-electron chi connectivity index (χ2n) is 5.13. The fourth-order valence-electron chi connectivity index (χ4n) is 1.52. The zero-order valence-corrected chi connectivity index (χ0v) is 12.1. The van der Waals surface area contributed by atoms with Gasteiger partial charge in [0, 0.05) is 32.2 Å². The van der Waals surface area contributed by atoms with Gasteiger partial charge in [0.2, 0.25) is 0 Å². The van der Waals surface area contributed by atoms with Crippen LogP contribution in [0.25, 0.3) is 0 Å².